The predicted octanol–water partition coefficient (Wildman–Crippen LogP) is 3.89. The highest BCUT2D eigenvalue weighted by molar-refractivity contribution is 7.18. The second-order valence-electron chi connectivity index (χ2n) is 6.42. The minimum atomic E-state index is -0.150. The number of hydrogen-bond donors (Lipinski definition) is 2. The number of aromatic nitrogens is 1. The van der Waals surface area contributed by atoms with Crippen molar-refractivity contribution < 1.29 is 9.59 Å². The Morgan fingerprint density at radius 3 is 2.52 bits per heavy atom. The quantitative estimate of drug-likeness (QED) is 0.678. The minimum absolute atomic E-state index is 0.0267. The molecule has 140 valence electrons. The summed E-state index contributed by atoms with van der Waals surface area (Å²) < 4.78 is 1.15. The number of carbonyl (C=O) groups is 2. The van der Waals surface area contributed by atoms with Crippen molar-refractivity contribution in [1.29, 1.82) is 0 Å². The largest absolute Gasteiger partial charge is 0.326 e. The number of nitrogens with one attached hydrogen (secondary N) is 2. The molecule has 3 aromatic rings. The molecule has 1 aromatic heterocycles. The number of para-hydroxylation sites is 1. The standard InChI is InChI=1S/C20H22N4O2S/c1-13(20-23-17-9-4-5-10-18(17)27-20)24(3)12-19(26)22-16-8-6-7-15(11-16)21-14(2)25/h4-11,13H,12H2,1-3H3,(H,21,25)(H,22,26)/t13-/m0/s1. The van der Waals surface area contributed by atoms with Gasteiger partial charge in [-0.05, 0) is 44.3 Å². The summed E-state index contributed by atoms with van der Waals surface area (Å²) in [7, 11) is 1.91. The molecule has 1 atom stereocenters. The fourth-order valence-electron chi connectivity index (χ4n) is 2.70. The van der Waals surface area contributed by atoms with E-state index in [9.17, 15) is 9.59 Å². The van der Waals surface area contributed by atoms with E-state index < -0.39 is 0 Å². The first-order valence-electron chi connectivity index (χ1n) is 8.65. The number of likely N-dealkylation sites (N-methyl/N-ethyl adjacent to an activating group) is 1. The molecule has 0 aliphatic heterocycles. The van der Waals surface area contributed by atoms with Gasteiger partial charge in [0.2, 0.25) is 11.8 Å². The van der Waals surface area contributed by atoms with Gasteiger partial charge in [-0.25, -0.2) is 4.98 Å². The highest BCUT2D eigenvalue weighted by atomic mass is 32.1. The van der Waals surface area contributed by atoms with Crippen LogP contribution in [0.15, 0.2) is 48.5 Å². The van der Waals surface area contributed by atoms with Crippen LogP contribution in [0.4, 0.5) is 11.4 Å². The summed E-state index contributed by atoms with van der Waals surface area (Å²) in [5.41, 5.74) is 2.28. The zero-order valence-corrected chi connectivity index (χ0v) is 16.3. The number of thiazole rings is 1. The molecule has 0 bridgehead atoms. The zero-order valence-electron chi connectivity index (χ0n) is 15.5. The third-order valence-corrected chi connectivity index (χ3v) is 5.40. The second kappa shape index (κ2) is 8.28. The Labute approximate surface area is 162 Å². The van der Waals surface area contributed by atoms with E-state index in [1.54, 1.807) is 35.6 Å². The highest BCUT2D eigenvalue weighted by Gasteiger charge is 2.18. The monoisotopic (exact) mass is 382 g/mol. The van der Waals surface area contributed by atoms with Gasteiger partial charge in [0, 0.05) is 18.3 Å². The molecule has 2 N–H and O–H groups in total. The van der Waals surface area contributed by atoms with E-state index >= 15 is 0 Å². The molecule has 0 aliphatic rings. The molecule has 6 nitrogen and oxygen atoms in total. The number of benzene rings is 2. The van der Waals surface area contributed by atoms with Crippen molar-refractivity contribution >= 4 is 44.7 Å². The lowest BCUT2D eigenvalue weighted by atomic mass is 10.2. The molecule has 0 saturated heterocycles. The number of nitrogens with zero attached hydrogens (tertiary/aromatic N) is 2. The number of hydrogen-bond acceptors (Lipinski definition) is 5. The van der Waals surface area contributed by atoms with Crippen LogP contribution in [0, 0.1) is 0 Å². The average Bonchev–Trinajstić information content (AvgIpc) is 3.04. The van der Waals surface area contributed by atoms with Crippen molar-refractivity contribution in [2.45, 2.75) is 19.9 Å². The average molecular weight is 382 g/mol. The van der Waals surface area contributed by atoms with Crippen LogP contribution in [-0.4, -0.2) is 35.3 Å². The van der Waals surface area contributed by atoms with Crippen molar-refractivity contribution in [3.8, 4) is 0 Å². The number of carbonyl (C=O) groups excluding carboxylic acids is 2. The SMILES string of the molecule is CC(=O)Nc1cccc(NC(=O)CN(C)[C@@H](C)c2nc3ccccc3s2)c1. The topological polar surface area (TPSA) is 74.3 Å². The molecule has 0 saturated carbocycles. The third-order valence-electron chi connectivity index (χ3n) is 4.19. The van der Waals surface area contributed by atoms with Gasteiger partial charge in [0.25, 0.3) is 0 Å². The first-order chi connectivity index (χ1) is 12.9. The van der Waals surface area contributed by atoms with E-state index in [2.05, 4.69) is 21.7 Å². The van der Waals surface area contributed by atoms with E-state index in [1.807, 2.05) is 37.1 Å². The van der Waals surface area contributed by atoms with E-state index in [-0.39, 0.29) is 24.4 Å². The van der Waals surface area contributed by atoms with Crippen LogP contribution in [-0.2, 0) is 9.59 Å². The molecule has 2 amide bonds. The maximum atomic E-state index is 12.4. The van der Waals surface area contributed by atoms with Crippen molar-refractivity contribution in [2.24, 2.45) is 0 Å². The number of fused-ring (bicyclic) bond motifs is 1. The van der Waals surface area contributed by atoms with Gasteiger partial charge in [0.15, 0.2) is 0 Å². The van der Waals surface area contributed by atoms with Gasteiger partial charge in [-0.1, -0.05) is 18.2 Å². The lowest BCUT2D eigenvalue weighted by Gasteiger charge is -2.22. The van der Waals surface area contributed by atoms with Gasteiger partial charge in [-0.2, -0.15) is 0 Å². The summed E-state index contributed by atoms with van der Waals surface area (Å²) in [6, 6.07) is 15.1. The lowest BCUT2D eigenvalue weighted by molar-refractivity contribution is -0.117. The molecule has 2 aromatic carbocycles. The molecule has 0 fully saturated rings. The molecular formula is C20H22N4O2S. The summed E-state index contributed by atoms with van der Waals surface area (Å²) in [5, 5.41) is 6.56. The van der Waals surface area contributed by atoms with Gasteiger partial charge in [-0.3, -0.25) is 14.5 Å². The first kappa shape index (κ1) is 19.0. The smallest absolute Gasteiger partial charge is 0.238 e. The molecule has 0 unspecified atom stereocenters. The van der Waals surface area contributed by atoms with Crippen LogP contribution >= 0.6 is 11.3 Å². The van der Waals surface area contributed by atoms with Gasteiger partial charge >= 0.3 is 0 Å². The molecule has 7 heteroatoms. The maximum Gasteiger partial charge on any atom is 0.238 e. The minimum Gasteiger partial charge on any atom is -0.326 e. The van der Waals surface area contributed by atoms with Crippen molar-refractivity contribution in [1.82, 2.24) is 9.88 Å². The Morgan fingerprint density at radius 2 is 1.81 bits per heavy atom. The van der Waals surface area contributed by atoms with Crippen molar-refractivity contribution in [2.75, 3.05) is 24.2 Å². The Bertz CT molecular complexity index is 936. The van der Waals surface area contributed by atoms with E-state index in [0.29, 0.717) is 11.4 Å². The summed E-state index contributed by atoms with van der Waals surface area (Å²) in [6.07, 6.45) is 0. The summed E-state index contributed by atoms with van der Waals surface area (Å²) in [6.45, 7) is 3.73. The van der Waals surface area contributed by atoms with Gasteiger partial charge in [-0.15, -0.1) is 11.3 Å². The molecule has 0 spiro atoms. The van der Waals surface area contributed by atoms with Crippen LogP contribution in [0.1, 0.15) is 24.9 Å². The second-order valence-corrected chi connectivity index (χ2v) is 7.48. The van der Waals surface area contributed by atoms with E-state index in [1.165, 1.54) is 6.92 Å². The van der Waals surface area contributed by atoms with Crippen LogP contribution in [0.5, 0.6) is 0 Å². The Kier molecular flexibility index (Phi) is 5.83. The lowest BCUT2D eigenvalue weighted by Crippen LogP contribution is -2.32. The zero-order chi connectivity index (χ0) is 19.4. The van der Waals surface area contributed by atoms with Crippen LogP contribution < -0.4 is 10.6 Å². The van der Waals surface area contributed by atoms with Crippen LogP contribution in [0.3, 0.4) is 0 Å². The molecule has 0 radical (unpaired) electrons. The number of anilines is 2. The Morgan fingerprint density at radius 1 is 1.11 bits per heavy atom. The molecule has 0 aliphatic carbocycles. The van der Waals surface area contributed by atoms with E-state index in [4.69, 9.17) is 0 Å². The van der Waals surface area contributed by atoms with E-state index in [0.717, 1.165) is 15.2 Å². The van der Waals surface area contributed by atoms with Gasteiger partial charge in [0.1, 0.15) is 5.01 Å². The van der Waals surface area contributed by atoms with Gasteiger partial charge < -0.3 is 10.6 Å². The number of amides is 2. The summed E-state index contributed by atoms with van der Waals surface area (Å²) in [5.74, 6) is -0.270. The Balaban J connectivity index is 1.62. The fourth-order valence-corrected chi connectivity index (χ4v) is 3.78. The fraction of sp³-hybridized carbons (Fsp3) is 0.250. The Hall–Kier alpha value is -2.77. The predicted molar refractivity (Wildman–Crippen MR) is 110 cm³/mol. The van der Waals surface area contributed by atoms with Gasteiger partial charge in [0.05, 0.1) is 22.8 Å². The van der Waals surface area contributed by atoms with Crippen LogP contribution in [0.25, 0.3) is 10.2 Å². The highest BCUT2D eigenvalue weighted by Crippen LogP contribution is 2.28. The van der Waals surface area contributed by atoms with Crippen molar-refractivity contribution in [3.05, 3.63) is 53.5 Å². The third kappa shape index (κ3) is 4.90. The molecule has 1 heterocycles. The normalized spacial score (nSPS) is 12.1. The summed E-state index contributed by atoms with van der Waals surface area (Å²) >= 11 is 1.65. The molecule has 3 rings (SSSR count). The molecular weight excluding hydrogens is 360 g/mol. The van der Waals surface area contributed by atoms with Crippen molar-refractivity contribution in [3.63, 3.8) is 0 Å². The summed E-state index contributed by atoms with van der Waals surface area (Å²) in [4.78, 5) is 30.2. The van der Waals surface area contributed by atoms with Crippen LogP contribution in [0.2, 0.25) is 0 Å². The number of rotatable bonds is 6. The maximum absolute atomic E-state index is 12.4. The first-order valence-corrected chi connectivity index (χ1v) is 9.47. The molecule has 27 heavy (non-hydrogen) atoms.